The molecule has 0 spiro atoms. The van der Waals surface area contributed by atoms with Gasteiger partial charge in [0.25, 0.3) is 5.91 Å². The molecule has 26 heavy (non-hydrogen) atoms. The van der Waals surface area contributed by atoms with Gasteiger partial charge < -0.3 is 14.9 Å². The Bertz CT molecular complexity index is 1000. The van der Waals surface area contributed by atoms with Crippen LogP contribution in [-0.4, -0.2) is 27.0 Å². The summed E-state index contributed by atoms with van der Waals surface area (Å²) in [5.41, 5.74) is 3.08. The number of carbonyl (C=O) groups excluding carboxylic acids is 1. The zero-order valence-electron chi connectivity index (χ0n) is 14.4. The minimum atomic E-state index is -0.0436. The predicted molar refractivity (Wildman–Crippen MR) is 102 cm³/mol. The highest BCUT2D eigenvalue weighted by atomic mass is 16.1. The Hall–Kier alpha value is -3.34. The number of fused-ring (bicyclic) bond motifs is 1. The number of nitrogens with one attached hydrogen (secondary N) is 2. The molecule has 0 saturated heterocycles. The second-order valence-corrected chi connectivity index (χ2v) is 6.20. The Kier molecular flexibility index (Phi) is 4.51. The Balaban J connectivity index is 1.49. The quantitative estimate of drug-likeness (QED) is 0.563. The van der Waals surface area contributed by atoms with Gasteiger partial charge in [-0.05, 0) is 23.8 Å². The Morgan fingerprint density at radius 1 is 1.08 bits per heavy atom. The van der Waals surface area contributed by atoms with Crippen molar-refractivity contribution in [3.8, 4) is 0 Å². The molecule has 2 aromatic heterocycles. The number of H-pyrrole nitrogens is 1. The normalized spacial score (nSPS) is 10.9. The fraction of sp³-hybridized carbons (Fsp3) is 0.143. The molecule has 0 bridgehead atoms. The fourth-order valence-electron chi connectivity index (χ4n) is 3.21. The van der Waals surface area contributed by atoms with E-state index in [9.17, 15) is 4.79 Å². The molecular weight excluding hydrogens is 324 g/mol. The van der Waals surface area contributed by atoms with Gasteiger partial charge in [0.2, 0.25) is 0 Å². The van der Waals surface area contributed by atoms with Gasteiger partial charge in [0.15, 0.2) is 0 Å². The van der Waals surface area contributed by atoms with Gasteiger partial charge in [-0.3, -0.25) is 4.79 Å². The highest BCUT2D eigenvalue weighted by Gasteiger charge is 2.10. The van der Waals surface area contributed by atoms with Crippen LogP contribution >= 0.6 is 0 Å². The molecule has 0 aliphatic rings. The van der Waals surface area contributed by atoms with Crippen molar-refractivity contribution in [1.82, 2.24) is 19.9 Å². The largest absolute Gasteiger partial charge is 0.350 e. The van der Waals surface area contributed by atoms with Crippen LogP contribution in [0.5, 0.6) is 0 Å². The molecule has 1 amide bonds. The van der Waals surface area contributed by atoms with Crippen LogP contribution in [0.3, 0.4) is 0 Å². The molecule has 0 radical (unpaired) electrons. The second kappa shape index (κ2) is 7.27. The van der Waals surface area contributed by atoms with Crippen molar-refractivity contribution in [3.05, 3.63) is 90.1 Å². The smallest absolute Gasteiger partial charge is 0.251 e. The third-order valence-corrected chi connectivity index (χ3v) is 4.46. The molecule has 2 heterocycles. The maximum absolute atomic E-state index is 12.2. The van der Waals surface area contributed by atoms with Crippen molar-refractivity contribution >= 4 is 16.8 Å². The van der Waals surface area contributed by atoms with Gasteiger partial charge >= 0.3 is 0 Å². The lowest BCUT2D eigenvalue weighted by atomic mass is 10.1. The van der Waals surface area contributed by atoms with Crippen LogP contribution in [0.25, 0.3) is 10.9 Å². The number of aromatic amines is 1. The van der Waals surface area contributed by atoms with E-state index in [0.717, 1.165) is 18.8 Å². The molecule has 0 aliphatic heterocycles. The van der Waals surface area contributed by atoms with Crippen molar-refractivity contribution in [3.63, 3.8) is 0 Å². The molecule has 0 atom stereocenters. The van der Waals surface area contributed by atoms with Crippen LogP contribution in [0.1, 0.15) is 21.7 Å². The average Bonchev–Trinajstić information content (AvgIpc) is 3.32. The van der Waals surface area contributed by atoms with Crippen molar-refractivity contribution in [1.29, 1.82) is 0 Å². The Labute approximate surface area is 151 Å². The first-order valence-electron chi connectivity index (χ1n) is 8.69. The fourth-order valence-corrected chi connectivity index (χ4v) is 3.21. The van der Waals surface area contributed by atoms with Crippen molar-refractivity contribution < 1.29 is 4.79 Å². The number of aromatic nitrogens is 3. The van der Waals surface area contributed by atoms with E-state index >= 15 is 0 Å². The molecular formula is C21H20N4O. The number of imidazole rings is 1. The van der Waals surface area contributed by atoms with Crippen LogP contribution in [0.2, 0.25) is 0 Å². The lowest BCUT2D eigenvalue weighted by Gasteiger charge is -2.07. The number of amides is 1. The first-order valence-corrected chi connectivity index (χ1v) is 8.69. The summed E-state index contributed by atoms with van der Waals surface area (Å²) in [6.07, 6.45) is 6.53. The van der Waals surface area contributed by atoms with Crippen LogP contribution < -0.4 is 5.32 Å². The van der Waals surface area contributed by atoms with Gasteiger partial charge in [-0.25, -0.2) is 4.98 Å². The molecule has 0 unspecified atom stereocenters. The summed E-state index contributed by atoms with van der Waals surface area (Å²) in [7, 11) is 0. The molecule has 2 N–H and O–H groups in total. The summed E-state index contributed by atoms with van der Waals surface area (Å²) in [6, 6.07) is 17.6. The van der Waals surface area contributed by atoms with E-state index in [4.69, 9.17) is 0 Å². The highest BCUT2D eigenvalue weighted by molar-refractivity contribution is 5.94. The molecule has 2 aromatic carbocycles. The third kappa shape index (κ3) is 3.37. The lowest BCUT2D eigenvalue weighted by molar-refractivity contribution is 0.0952. The summed E-state index contributed by atoms with van der Waals surface area (Å²) in [4.78, 5) is 19.7. The van der Waals surface area contributed by atoms with Crippen LogP contribution in [-0.2, 0) is 13.0 Å². The van der Waals surface area contributed by atoms with Gasteiger partial charge in [0, 0.05) is 54.6 Å². The minimum Gasteiger partial charge on any atom is -0.350 e. The third-order valence-electron chi connectivity index (χ3n) is 4.46. The van der Waals surface area contributed by atoms with E-state index in [2.05, 4.69) is 44.2 Å². The number of para-hydroxylation sites is 1. The zero-order valence-corrected chi connectivity index (χ0v) is 14.4. The summed E-state index contributed by atoms with van der Waals surface area (Å²) in [5, 5.41) is 4.21. The molecule has 0 fully saturated rings. The van der Waals surface area contributed by atoms with Gasteiger partial charge in [0.1, 0.15) is 5.82 Å². The Morgan fingerprint density at radius 3 is 2.69 bits per heavy atom. The highest BCUT2D eigenvalue weighted by Crippen LogP contribution is 2.22. The van der Waals surface area contributed by atoms with Gasteiger partial charge in [-0.1, -0.05) is 36.4 Å². The van der Waals surface area contributed by atoms with Crippen LogP contribution in [0, 0.1) is 0 Å². The van der Waals surface area contributed by atoms with E-state index in [1.165, 1.54) is 16.5 Å². The summed E-state index contributed by atoms with van der Waals surface area (Å²) >= 11 is 0. The molecule has 4 rings (SSSR count). The van der Waals surface area contributed by atoms with Gasteiger partial charge in [0.05, 0.1) is 0 Å². The summed E-state index contributed by atoms with van der Waals surface area (Å²) < 4.78 is 2.19. The van der Waals surface area contributed by atoms with E-state index in [-0.39, 0.29) is 5.91 Å². The van der Waals surface area contributed by atoms with Crippen LogP contribution in [0.15, 0.2) is 73.2 Å². The van der Waals surface area contributed by atoms with Gasteiger partial charge in [-0.15, -0.1) is 0 Å². The number of rotatable bonds is 6. The number of nitrogens with zero attached hydrogens (tertiary/aromatic N) is 2. The molecule has 130 valence electrons. The standard InChI is InChI=1S/C21H20N4O/c26-21(16-6-2-1-3-7-16)24-12-13-25-15-17(14-20-22-10-11-23-20)18-8-4-5-9-19(18)25/h1-11,15H,12-14H2,(H,22,23)(H,24,26). The van der Waals surface area contributed by atoms with Crippen molar-refractivity contribution in [2.45, 2.75) is 13.0 Å². The Morgan fingerprint density at radius 2 is 1.88 bits per heavy atom. The summed E-state index contributed by atoms with van der Waals surface area (Å²) in [5.74, 6) is 0.906. The number of hydrogen-bond donors (Lipinski definition) is 2. The number of carbonyl (C=O) groups is 1. The van der Waals surface area contributed by atoms with E-state index in [1.54, 1.807) is 6.20 Å². The van der Waals surface area contributed by atoms with Crippen LogP contribution in [0.4, 0.5) is 0 Å². The monoisotopic (exact) mass is 344 g/mol. The maximum Gasteiger partial charge on any atom is 0.251 e. The van der Waals surface area contributed by atoms with E-state index < -0.39 is 0 Å². The molecule has 4 aromatic rings. The summed E-state index contributed by atoms with van der Waals surface area (Å²) in [6.45, 7) is 1.30. The SMILES string of the molecule is O=C(NCCn1cc(Cc2ncc[nH]2)c2ccccc21)c1ccccc1. The minimum absolute atomic E-state index is 0.0436. The average molecular weight is 344 g/mol. The van der Waals surface area contributed by atoms with E-state index in [0.29, 0.717) is 12.1 Å². The first kappa shape index (κ1) is 16.1. The predicted octanol–water partition coefficient (Wildman–Crippen LogP) is 3.39. The van der Waals surface area contributed by atoms with Gasteiger partial charge in [-0.2, -0.15) is 0 Å². The number of benzene rings is 2. The van der Waals surface area contributed by atoms with Crippen molar-refractivity contribution in [2.75, 3.05) is 6.54 Å². The first-order chi connectivity index (χ1) is 12.8. The number of hydrogen-bond acceptors (Lipinski definition) is 2. The van der Waals surface area contributed by atoms with Crippen molar-refractivity contribution in [2.24, 2.45) is 0 Å². The maximum atomic E-state index is 12.2. The lowest BCUT2D eigenvalue weighted by Crippen LogP contribution is -2.27. The molecule has 0 saturated carbocycles. The molecule has 0 aliphatic carbocycles. The second-order valence-electron chi connectivity index (χ2n) is 6.20. The topological polar surface area (TPSA) is 62.7 Å². The van der Waals surface area contributed by atoms with E-state index in [1.807, 2.05) is 42.6 Å². The molecule has 5 heteroatoms. The zero-order chi connectivity index (χ0) is 17.8. The molecule has 5 nitrogen and oxygen atoms in total.